The second kappa shape index (κ2) is 7.04. The molecule has 5 heteroatoms. The fourth-order valence-corrected chi connectivity index (χ4v) is 2.00. The summed E-state index contributed by atoms with van der Waals surface area (Å²) < 4.78 is 9.82. The smallest absolute Gasteiger partial charge is 0.330 e. The molecule has 19 heavy (non-hydrogen) atoms. The lowest BCUT2D eigenvalue weighted by atomic mass is 10.0. The van der Waals surface area contributed by atoms with Crippen LogP contribution in [0.1, 0.15) is 12.5 Å². The van der Waals surface area contributed by atoms with Crippen LogP contribution in [0.5, 0.6) is 5.75 Å². The van der Waals surface area contributed by atoms with Crippen LogP contribution in [0.3, 0.4) is 0 Å². The molecule has 1 aromatic carbocycles. The zero-order valence-electron chi connectivity index (χ0n) is 11.5. The summed E-state index contributed by atoms with van der Waals surface area (Å²) in [5, 5.41) is 3.56. The van der Waals surface area contributed by atoms with Crippen LogP contribution in [-0.2, 0) is 16.0 Å². The van der Waals surface area contributed by atoms with Crippen molar-refractivity contribution in [3.05, 3.63) is 34.4 Å². The maximum absolute atomic E-state index is 11.2. The Kier molecular flexibility index (Phi) is 5.70. The van der Waals surface area contributed by atoms with Gasteiger partial charge >= 0.3 is 5.97 Å². The van der Waals surface area contributed by atoms with Crippen molar-refractivity contribution in [2.45, 2.75) is 13.3 Å². The molecule has 4 nitrogen and oxygen atoms in total. The standard InChI is InChI=1S/C14H18ClNO3/c1-9(6-13(17)19-4)5-10-7-11(16-2)14(15)12(8-10)18-3/h6-8,16H,5H2,1-4H3/b9-6+. The fraction of sp³-hybridized carbons (Fsp3) is 0.357. The Morgan fingerprint density at radius 2 is 2.11 bits per heavy atom. The van der Waals surface area contributed by atoms with Crippen LogP contribution in [0.4, 0.5) is 5.69 Å². The van der Waals surface area contributed by atoms with Crippen molar-refractivity contribution in [3.63, 3.8) is 0 Å². The molecule has 0 spiro atoms. The molecular weight excluding hydrogens is 266 g/mol. The number of hydrogen-bond acceptors (Lipinski definition) is 4. The molecule has 1 aromatic rings. The van der Waals surface area contributed by atoms with Crippen molar-refractivity contribution < 1.29 is 14.3 Å². The second-order valence-corrected chi connectivity index (χ2v) is 4.48. The summed E-state index contributed by atoms with van der Waals surface area (Å²) in [7, 11) is 4.72. The van der Waals surface area contributed by atoms with Crippen molar-refractivity contribution in [2.75, 3.05) is 26.6 Å². The van der Waals surface area contributed by atoms with Gasteiger partial charge in [-0.05, 0) is 31.0 Å². The number of hydrogen-bond donors (Lipinski definition) is 1. The molecule has 0 aliphatic rings. The number of esters is 1. The number of carbonyl (C=O) groups excluding carboxylic acids is 1. The monoisotopic (exact) mass is 283 g/mol. The van der Waals surface area contributed by atoms with E-state index in [0.717, 1.165) is 16.8 Å². The average molecular weight is 284 g/mol. The molecule has 0 saturated carbocycles. The van der Waals surface area contributed by atoms with E-state index in [1.807, 2.05) is 19.1 Å². The predicted octanol–water partition coefficient (Wildman–Crippen LogP) is 3.05. The van der Waals surface area contributed by atoms with Crippen molar-refractivity contribution >= 4 is 23.3 Å². The number of rotatable bonds is 5. The van der Waals surface area contributed by atoms with Crippen LogP contribution < -0.4 is 10.1 Å². The average Bonchev–Trinajstić information content (AvgIpc) is 2.40. The van der Waals surface area contributed by atoms with E-state index in [4.69, 9.17) is 16.3 Å². The third-order valence-corrected chi connectivity index (χ3v) is 3.03. The molecule has 1 rings (SSSR count). The van der Waals surface area contributed by atoms with Crippen molar-refractivity contribution in [1.29, 1.82) is 0 Å². The molecular formula is C14H18ClNO3. The van der Waals surface area contributed by atoms with Gasteiger partial charge in [-0.2, -0.15) is 0 Å². The summed E-state index contributed by atoms with van der Waals surface area (Å²) in [4.78, 5) is 11.2. The van der Waals surface area contributed by atoms with Gasteiger partial charge in [-0.3, -0.25) is 0 Å². The molecule has 0 saturated heterocycles. The van der Waals surface area contributed by atoms with Crippen LogP contribution >= 0.6 is 11.6 Å². The Hall–Kier alpha value is -1.68. The normalized spacial score (nSPS) is 11.1. The highest BCUT2D eigenvalue weighted by Crippen LogP contribution is 2.34. The maximum atomic E-state index is 11.2. The lowest BCUT2D eigenvalue weighted by Gasteiger charge is -2.12. The predicted molar refractivity (Wildman–Crippen MR) is 77.0 cm³/mol. The largest absolute Gasteiger partial charge is 0.495 e. The first-order valence-corrected chi connectivity index (χ1v) is 6.18. The number of nitrogens with one attached hydrogen (secondary N) is 1. The van der Waals surface area contributed by atoms with Crippen LogP contribution in [0.25, 0.3) is 0 Å². The Balaban J connectivity index is 3.02. The number of ether oxygens (including phenoxy) is 2. The van der Waals surface area contributed by atoms with Gasteiger partial charge in [0.15, 0.2) is 0 Å². The van der Waals surface area contributed by atoms with Crippen molar-refractivity contribution in [2.24, 2.45) is 0 Å². The molecule has 0 aliphatic heterocycles. The Bertz CT molecular complexity index is 472. The number of anilines is 1. The minimum Gasteiger partial charge on any atom is -0.495 e. The van der Waals surface area contributed by atoms with E-state index in [2.05, 4.69) is 10.1 Å². The van der Waals surface area contributed by atoms with Crippen LogP contribution in [-0.4, -0.2) is 27.2 Å². The molecule has 0 fully saturated rings. The number of allylic oxidation sites excluding steroid dienone is 1. The van der Waals surface area contributed by atoms with Gasteiger partial charge < -0.3 is 14.8 Å². The summed E-state index contributed by atoms with van der Waals surface area (Å²) in [6.07, 6.45) is 2.09. The van der Waals surface area contributed by atoms with Gasteiger partial charge in [0.1, 0.15) is 10.8 Å². The second-order valence-electron chi connectivity index (χ2n) is 4.10. The van der Waals surface area contributed by atoms with Gasteiger partial charge in [0.05, 0.1) is 19.9 Å². The molecule has 1 N–H and O–H groups in total. The summed E-state index contributed by atoms with van der Waals surface area (Å²) in [5.74, 6) is 0.252. The number of benzene rings is 1. The molecule has 0 atom stereocenters. The minimum atomic E-state index is -0.354. The van der Waals surface area contributed by atoms with Gasteiger partial charge in [0.2, 0.25) is 0 Å². The summed E-state index contributed by atoms with van der Waals surface area (Å²) >= 11 is 6.15. The molecule has 0 unspecified atom stereocenters. The number of methoxy groups -OCH3 is 2. The van der Waals surface area contributed by atoms with E-state index in [9.17, 15) is 4.79 Å². The van der Waals surface area contributed by atoms with Crippen molar-refractivity contribution in [1.82, 2.24) is 0 Å². The molecule has 104 valence electrons. The lowest BCUT2D eigenvalue weighted by Crippen LogP contribution is -1.99. The SMILES string of the molecule is CNc1cc(C/C(C)=C/C(=O)OC)cc(OC)c1Cl. The Labute approximate surface area is 118 Å². The van der Waals surface area contributed by atoms with E-state index in [0.29, 0.717) is 17.2 Å². The van der Waals surface area contributed by atoms with Crippen LogP contribution in [0.2, 0.25) is 5.02 Å². The lowest BCUT2D eigenvalue weighted by molar-refractivity contribution is -0.134. The highest BCUT2D eigenvalue weighted by Gasteiger charge is 2.09. The molecule has 0 bridgehead atoms. The quantitative estimate of drug-likeness (QED) is 0.666. The van der Waals surface area contributed by atoms with Crippen LogP contribution in [0, 0.1) is 0 Å². The van der Waals surface area contributed by atoms with Crippen LogP contribution in [0.15, 0.2) is 23.8 Å². The van der Waals surface area contributed by atoms with Gasteiger partial charge in [-0.25, -0.2) is 4.79 Å². The first kappa shape index (κ1) is 15.4. The van der Waals surface area contributed by atoms with Gasteiger partial charge in [0, 0.05) is 13.1 Å². The molecule has 0 aromatic heterocycles. The maximum Gasteiger partial charge on any atom is 0.330 e. The summed E-state index contributed by atoms with van der Waals surface area (Å²) in [5.41, 5.74) is 2.70. The topological polar surface area (TPSA) is 47.6 Å². The fourth-order valence-electron chi connectivity index (χ4n) is 1.72. The van der Waals surface area contributed by atoms with E-state index in [1.54, 1.807) is 14.2 Å². The van der Waals surface area contributed by atoms with E-state index < -0.39 is 0 Å². The van der Waals surface area contributed by atoms with Gasteiger partial charge in [0.25, 0.3) is 0 Å². The van der Waals surface area contributed by atoms with E-state index >= 15 is 0 Å². The van der Waals surface area contributed by atoms with E-state index in [-0.39, 0.29) is 5.97 Å². The molecule has 0 heterocycles. The third kappa shape index (κ3) is 4.17. The summed E-state index contributed by atoms with van der Waals surface area (Å²) in [6.45, 7) is 1.87. The Morgan fingerprint density at radius 3 is 2.63 bits per heavy atom. The molecule has 0 aliphatic carbocycles. The van der Waals surface area contributed by atoms with E-state index in [1.165, 1.54) is 13.2 Å². The highest BCUT2D eigenvalue weighted by atomic mass is 35.5. The minimum absolute atomic E-state index is 0.354. The third-order valence-electron chi connectivity index (χ3n) is 2.64. The van der Waals surface area contributed by atoms with Gasteiger partial charge in [-0.1, -0.05) is 17.2 Å². The number of halogens is 1. The zero-order chi connectivity index (χ0) is 14.4. The molecule has 0 radical (unpaired) electrons. The Morgan fingerprint density at radius 1 is 1.42 bits per heavy atom. The van der Waals surface area contributed by atoms with Crippen molar-refractivity contribution in [3.8, 4) is 5.75 Å². The highest BCUT2D eigenvalue weighted by molar-refractivity contribution is 6.34. The number of carbonyl (C=O) groups is 1. The first-order chi connectivity index (χ1) is 9.01. The molecule has 0 amide bonds. The zero-order valence-corrected chi connectivity index (χ0v) is 12.3. The van der Waals surface area contributed by atoms with Gasteiger partial charge in [-0.15, -0.1) is 0 Å². The first-order valence-electron chi connectivity index (χ1n) is 5.81. The summed E-state index contributed by atoms with van der Waals surface area (Å²) in [6, 6.07) is 3.79.